The van der Waals surface area contributed by atoms with E-state index in [4.69, 9.17) is 29.6 Å². The highest BCUT2D eigenvalue weighted by atomic mass is 127. The number of benzene rings is 2. The molecule has 19 heavy (non-hydrogen) atoms. The molecule has 0 aliphatic rings. The van der Waals surface area contributed by atoms with Gasteiger partial charge in [0.05, 0.1) is 16.4 Å². The molecule has 2 aromatic rings. The second-order valence-electron chi connectivity index (χ2n) is 3.81. The van der Waals surface area contributed by atoms with Crippen molar-refractivity contribution in [1.82, 2.24) is 0 Å². The first-order valence-corrected chi connectivity index (χ1v) is 7.94. The molecule has 0 aliphatic carbocycles. The lowest BCUT2D eigenvalue weighted by Crippen LogP contribution is -2.09. The van der Waals surface area contributed by atoms with Crippen LogP contribution in [0.3, 0.4) is 0 Å². The van der Waals surface area contributed by atoms with Crippen LogP contribution in [0.5, 0.6) is 0 Å². The van der Waals surface area contributed by atoms with Crippen molar-refractivity contribution in [2.45, 2.75) is 0 Å². The van der Waals surface area contributed by atoms with E-state index in [2.05, 4.69) is 43.8 Å². The number of nitrogens with two attached hydrogens (primary N) is 1. The third-order valence-corrected chi connectivity index (χ3v) is 4.33. The number of halogens is 3. The van der Waals surface area contributed by atoms with Crippen LogP contribution in [0.4, 0.5) is 11.4 Å². The molecular formula is C13H9BrClIN2S. The fourth-order valence-corrected chi connectivity index (χ4v) is 3.01. The second kappa shape index (κ2) is 6.39. The normalized spacial score (nSPS) is 10.3. The molecule has 0 aromatic heterocycles. The smallest absolute Gasteiger partial charge is 0.104 e. The zero-order valence-electron chi connectivity index (χ0n) is 9.58. The standard InChI is InChI=1S/C13H9BrClIN2S/c14-9-5-7(13(17)19)1-3-11(9)18-12-4-2-8(16)6-10(12)15/h1-6,18H,(H2,17,19). The Morgan fingerprint density at radius 2 is 1.89 bits per heavy atom. The van der Waals surface area contributed by atoms with Gasteiger partial charge in [-0.05, 0) is 74.9 Å². The van der Waals surface area contributed by atoms with Crippen LogP contribution >= 0.6 is 62.3 Å². The summed E-state index contributed by atoms with van der Waals surface area (Å²) in [4.78, 5) is 0.375. The highest BCUT2D eigenvalue weighted by Crippen LogP contribution is 2.31. The van der Waals surface area contributed by atoms with Crippen LogP contribution in [0, 0.1) is 3.57 Å². The highest BCUT2D eigenvalue weighted by Gasteiger charge is 2.06. The molecule has 0 saturated carbocycles. The third kappa shape index (κ3) is 3.81. The predicted octanol–water partition coefficient (Wildman–Crippen LogP) is 5.08. The molecule has 0 radical (unpaired) electrons. The van der Waals surface area contributed by atoms with Gasteiger partial charge in [-0.1, -0.05) is 23.8 Å². The highest BCUT2D eigenvalue weighted by molar-refractivity contribution is 14.1. The van der Waals surface area contributed by atoms with E-state index in [-0.39, 0.29) is 0 Å². The average Bonchev–Trinajstić information content (AvgIpc) is 2.34. The Hall–Kier alpha value is -0.370. The van der Waals surface area contributed by atoms with Crippen LogP contribution in [-0.2, 0) is 0 Å². The maximum Gasteiger partial charge on any atom is 0.104 e. The largest absolute Gasteiger partial charge is 0.389 e. The van der Waals surface area contributed by atoms with Crippen molar-refractivity contribution in [3.8, 4) is 0 Å². The molecule has 6 heteroatoms. The summed E-state index contributed by atoms with van der Waals surface area (Å²) in [5.41, 5.74) is 8.17. The van der Waals surface area contributed by atoms with Gasteiger partial charge in [-0.2, -0.15) is 0 Å². The second-order valence-corrected chi connectivity index (χ2v) is 6.76. The Bertz CT molecular complexity index is 649. The number of hydrogen-bond acceptors (Lipinski definition) is 2. The number of rotatable bonds is 3. The van der Waals surface area contributed by atoms with E-state index in [9.17, 15) is 0 Å². The van der Waals surface area contributed by atoms with Gasteiger partial charge in [-0.25, -0.2) is 0 Å². The van der Waals surface area contributed by atoms with Crippen LogP contribution in [0.15, 0.2) is 40.9 Å². The molecule has 0 amide bonds. The van der Waals surface area contributed by atoms with Gasteiger partial charge in [0.2, 0.25) is 0 Å². The van der Waals surface area contributed by atoms with Gasteiger partial charge in [0.15, 0.2) is 0 Å². The molecule has 3 N–H and O–H groups in total. The monoisotopic (exact) mass is 466 g/mol. The van der Waals surface area contributed by atoms with Gasteiger partial charge in [-0.15, -0.1) is 0 Å². The van der Waals surface area contributed by atoms with E-state index in [1.807, 2.05) is 36.4 Å². The molecule has 0 aliphatic heterocycles. The quantitative estimate of drug-likeness (QED) is 0.488. The molecule has 0 bridgehead atoms. The minimum atomic E-state index is 0.375. The van der Waals surface area contributed by atoms with Crippen LogP contribution in [0.25, 0.3) is 0 Å². The van der Waals surface area contributed by atoms with Crippen LogP contribution in [-0.4, -0.2) is 4.99 Å². The maximum atomic E-state index is 6.19. The third-order valence-electron chi connectivity index (χ3n) is 2.45. The first-order chi connectivity index (χ1) is 8.97. The van der Waals surface area contributed by atoms with Crippen molar-refractivity contribution in [2.24, 2.45) is 5.73 Å². The molecule has 2 aromatic carbocycles. The number of thiocarbonyl (C=S) groups is 1. The Balaban J connectivity index is 2.31. The lowest BCUT2D eigenvalue weighted by Gasteiger charge is -2.11. The zero-order valence-corrected chi connectivity index (χ0v) is 14.9. The Labute approximate surface area is 144 Å². The summed E-state index contributed by atoms with van der Waals surface area (Å²) in [5, 5.41) is 3.95. The van der Waals surface area contributed by atoms with Crippen molar-refractivity contribution in [1.29, 1.82) is 0 Å². The summed E-state index contributed by atoms with van der Waals surface area (Å²) in [6.45, 7) is 0. The molecule has 0 heterocycles. The predicted molar refractivity (Wildman–Crippen MR) is 97.5 cm³/mol. The van der Waals surface area contributed by atoms with Gasteiger partial charge in [0.25, 0.3) is 0 Å². The number of nitrogens with one attached hydrogen (secondary N) is 1. The van der Waals surface area contributed by atoms with Crippen LogP contribution in [0.1, 0.15) is 5.56 Å². The van der Waals surface area contributed by atoms with Crippen molar-refractivity contribution in [3.63, 3.8) is 0 Å². The topological polar surface area (TPSA) is 38.0 Å². The van der Waals surface area contributed by atoms with E-state index >= 15 is 0 Å². The Kier molecular flexibility index (Phi) is 5.05. The van der Waals surface area contributed by atoms with Gasteiger partial charge in [0, 0.05) is 13.6 Å². The van der Waals surface area contributed by atoms with Gasteiger partial charge in [0.1, 0.15) is 4.99 Å². The van der Waals surface area contributed by atoms with E-state index in [1.165, 1.54) is 0 Å². The molecule has 0 fully saturated rings. The Morgan fingerprint density at radius 1 is 1.21 bits per heavy atom. The van der Waals surface area contributed by atoms with Crippen molar-refractivity contribution < 1.29 is 0 Å². The van der Waals surface area contributed by atoms with E-state index in [1.54, 1.807) is 0 Å². The average molecular weight is 468 g/mol. The number of anilines is 2. The summed E-state index contributed by atoms with van der Waals surface area (Å²) in [6, 6.07) is 11.5. The minimum Gasteiger partial charge on any atom is -0.389 e. The summed E-state index contributed by atoms with van der Waals surface area (Å²) >= 11 is 16.8. The lowest BCUT2D eigenvalue weighted by molar-refractivity contribution is 1.50. The van der Waals surface area contributed by atoms with E-state index in [0.717, 1.165) is 25.0 Å². The number of hydrogen-bond donors (Lipinski definition) is 2. The minimum absolute atomic E-state index is 0.375. The fourth-order valence-electron chi connectivity index (χ4n) is 1.51. The molecule has 0 saturated heterocycles. The van der Waals surface area contributed by atoms with Crippen molar-refractivity contribution in [3.05, 3.63) is 55.0 Å². The SMILES string of the molecule is NC(=S)c1ccc(Nc2ccc(I)cc2Cl)c(Br)c1. The molecular weight excluding hydrogens is 458 g/mol. The molecule has 0 spiro atoms. The molecule has 98 valence electrons. The van der Waals surface area contributed by atoms with Crippen molar-refractivity contribution in [2.75, 3.05) is 5.32 Å². The fraction of sp³-hybridized carbons (Fsp3) is 0. The van der Waals surface area contributed by atoms with Gasteiger partial charge in [-0.3, -0.25) is 0 Å². The van der Waals surface area contributed by atoms with Crippen molar-refractivity contribution >= 4 is 78.7 Å². The molecule has 2 nitrogen and oxygen atoms in total. The summed E-state index contributed by atoms with van der Waals surface area (Å²) in [6.07, 6.45) is 0. The molecule has 0 atom stereocenters. The van der Waals surface area contributed by atoms with E-state index in [0.29, 0.717) is 10.0 Å². The molecule has 0 unspecified atom stereocenters. The van der Waals surface area contributed by atoms with Gasteiger partial charge < -0.3 is 11.1 Å². The van der Waals surface area contributed by atoms with E-state index < -0.39 is 0 Å². The van der Waals surface area contributed by atoms with Crippen LogP contribution < -0.4 is 11.1 Å². The lowest BCUT2D eigenvalue weighted by atomic mass is 10.2. The van der Waals surface area contributed by atoms with Crippen LogP contribution in [0.2, 0.25) is 5.02 Å². The maximum absolute atomic E-state index is 6.19. The zero-order chi connectivity index (χ0) is 14.0. The Morgan fingerprint density at radius 3 is 2.47 bits per heavy atom. The first-order valence-electron chi connectivity index (χ1n) is 5.29. The summed E-state index contributed by atoms with van der Waals surface area (Å²) < 4.78 is 1.98. The van der Waals surface area contributed by atoms with Gasteiger partial charge >= 0.3 is 0 Å². The summed E-state index contributed by atoms with van der Waals surface area (Å²) in [5.74, 6) is 0. The summed E-state index contributed by atoms with van der Waals surface area (Å²) in [7, 11) is 0. The molecule has 2 rings (SSSR count). The first kappa shape index (κ1) is 15.0.